The van der Waals surface area contributed by atoms with Crippen molar-refractivity contribution >= 4 is 5.91 Å². The molecule has 1 saturated heterocycles. The summed E-state index contributed by atoms with van der Waals surface area (Å²) in [6, 6.07) is 10.2. The second-order valence-corrected chi connectivity index (χ2v) is 7.25. The Hall–Kier alpha value is -3.75. The zero-order valence-corrected chi connectivity index (χ0v) is 18.5. The summed E-state index contributed by atoms with van der Waals surface area (Å²) in [7, 11) is 6.24. The Labute approximate surface area is 185 Å². The maximum absolute atomic E-state index is 13.3. The highest BCUT2D eigenvalue weighted by atomic mass is 16.5. The first-order chi connectivity index (χ1) is 15.6. The molecule has 0 spiro atoms. The Morgan fingerprint density at radius 1 is 0.969 bits per heavy atom. The molecule has 3 aromatic rings. The van der Waals surface area contributed by atoms with E-state index in [1.807, 2.05) is 6.07 Å². The number of amides is 1. The average molecular weight is 439 g/mol. The summed E-state index contributed by atoms with van der Waals surface area (Å²) < 4.78 is 26.8. The second kappa shape index (κ2) is 9.17. The SMILES string of the molecule is COc1ccc(C(=O)N2CCC[C@@H]2c2nc(-c3ccc(OC)c(OC)c3)no2)c(OC)c1. The third kappa shape index (κ3) is 3.93. The van der Waals surface area contributed by atoms with Crippen molar-refractivity contribution in [3.8, 4) is 34.4 Å². The fraction of sp³-hybridized carbons (Fsp3) is 0.348. The van der Waals surface area contributed by atoms with Gasteiger partial charge in [-0.3, -0.25) is 4.79 Å². The van der Waals surface area contributed by atoms with Gasteiger partial charge in [-0.05, 0) is 43.2 Å². The molecule has 1 amide bonds. The van der Waals surface area contributed by atoms with E-state index in [1.165, 1.54) is 7.11 Å². The smallest absolute Gasteiger partial charge is 0.258 e. The minimum Gasteiger partial charge on any atom is -0.497 e. The first-order valence-corrected chi connectivity index (χ1v) is 10.2. The number of carbonyl (C=O) groups is 1. The van der Waals surface area contributed by atoms with Gasteiger partial charge in [0.15, 0.2) is 11.5 Å². The average Bonchev–Trinajstić information content (AvgIpc) is 3.52. The van der Waals surface area contributed by atoms with Crippen LogP contribution in [0.2, 0.25) is 0 Å². The predicted octanol–water partition coefficient (Wildman–Crippen LogP) is 3.75. The van der Waals surface area contributed by atoms with Crippen molar-refractivity contribution in [1.82, 2.24) is 15.0 Å². The molecule has 0 unspecified atom stereocenters. The van der Waals surface area contributed by atoms with Crippen molar-refractivity contribution in [2.24, 2.45) is 0 Å². The second-order valence-electron chi connectivity index (χ2n) is 7.25. The van der Waals surface area contributed by atoms with E-state index in [2.05, 4.69) is 10.1 Å². The van der Waals surface area contributed by atoms with Gasteiger partial charge in [0.2, 0.25) is 11.7 Å². The molecule has 2 heterocycles. The fourth-order valence-corrected chi connectivity index (χ4v) is 3.86. The number of likely N-dealkylation sites (tertiary alicyclic amines) is 1. The molecule has 0 saturated carbocycles. The van der Waals surface area contributed by atoms with Gasteiger partial charge >= 0.3 is 0 Å². The number of benzene rings is 2. The van der Waals surface area contributed by atoms with Gasteiger partial charge in [0, 0.05) is 18.2 Å². The molecule has 2 aromatic carbocycles. The van der Waals surface area contributed by atoms with E-state index in [-0.39, 0.29) is 11.9 Å². The van der Waals surface area contributed by atoms with Gasteiger partial charge < -0.3 is 28.4 Å². The number of carbonyl (C=O) groups excluding carboxylic acids is 1. The summed E-state index contributed by atoms with van der Waals surface area (Å²) in [5.74, 6) is 2.92. The molecule has 0 aliphatic carbocycles. The van der Waals surface area contributed by atoms with Crippen LogP contribution in [0.4, 0.5) is 0 Å². The van der Waals surface area contributed by atoms with Crippen LogP contribution in [0.25, 0.3) is 11.4 Å². The third-order valence-corrected chi connectivity index (χ3v) is 5.52. The molecule has 1 aliphatic heterocycles. The van der Waals surface area contributed by atoms with Crippen LogP contribution in [-0.2, 0) is 0 Å². The normalized spacial score (nSPS) is 15.5. The van der Waals surface area contributed by atoms with E-state index in [1.54, 1.807) is 56.6 Å². The van der Waals surface area contributed by atoms with Crippen LogP contribution in [0, 0.1) is 0 Å². The number of rotatable bonds is 7. The maximum Gasteiger partial charge on any atom is 0.258 e. The molecular weight excluding hydrogens is 414 g/mol. The summed E-state index contributed by atoms with van der Waals surface area (Å²) >= 11 is 0. The molecule has 1 fully saturated rings. The largest absolute Gasteiger partial charge is 0.497 e. The highest BCUT2D eigenvalue weighted by Gasteiger charge is 2.35. The highest BCUT2D eigenvalue weighted by molar-refractivity contribution is 5.97. The molecule has 4 rings (SSSR count). The molecule has 9 heteroatoms. The van der Waals surface area contributed by atoms with Crippen molar-refractivity contribution in [1.29, 1.82) is 0 Å². The Bertz CT molecular complexity index is 1110. The zero-order valence-electron chi connectivity index (χ0n) is 18.5. The number of methoxy groups -OCH3 is 4. The Morgan fingerprint density at radius 2 is 1.75 bits per heavy atom. The van der Waals surface area contributed by atoms with Gasteiger partial charge in [-0.1, -0.05) is 5.16 Å². The van der Waals surface area contributed by atoms with Crippen LogP contribution in [0.5, 0.6) is 23.0 Å². The third-order valence-electron chi connectivity index (χ3n) is 5.52. The van der Waals surface area contributed by atoms with E-state index in [0.717, 1.165) is 18.4 Å². The van der Waals surface area contributed by atoms with Crippen molar-refractivity contribution in [3.63, 3.8) is 0 Å². The number of hydrogen-bond donors (Lipinski definition) is 0. The Balaban J connectivity index is 1.60. The van der Waals surface area contributed by atoms with Crippen molar-refractivity contribution in [3.05, 3.63) is 47.9 Å². The summed E-state index contributed by atoms with van der Waals surface area (Å²) in [4.78, 5) is 19.6. The van der Waals surface area contributed by atoms with Crippen LogP contribution < -0.4 is 18.9 Å². The Kier molecular flexibility index (Phi) is 6.16. The quantitative estimate of drug-likeness (QED) is 0.549. The van der Waals surface area contributed by atoms with Gasteiger partial charge in [0.1, 0.15) is 17.5 Å². The van der Waals surface area contributed by atoms with Gasteiger partial charge in [-0.15, -0.1) is 0 Å². The molecule has 0 radical (unpaired) electrons. The molecule has 0 N–H and O–H groups in total. The molecule has 1 atom stereocenters. The monoisotopic (exact) mass is 439 g/mol. The standard InChI is InChI=1S/C23H25N3O6/c1-28-15-8-9-16(19(13-15)30-3)23(27)26-11-5-6-17(26)22-24-21(25-32-22)14-7-10-18(29-2)20(12-14)31-4/h7-10,12-13,17H,5-6,11H2,1-4H3/t17-/m1/s1. The van der Waals surface area contributed by atoms with Crippen molar-refractivity contribution < 1.29 is 28.3 Å². The van der Waals surface area contributed by atoms with Crippen molar-refractivity contribution in [2.45, 2.75) is 18.9 Å². The van der Waals surface area contributed by atoms with Gasteiger partial charge in [-0.25, -0.2) is 0 Å². The molecule has 0 bridgehead atoms. The zero-order chi connectivity index (χ0) is 22.7. The van der Waals surface area contributed by atoms with Gasteiger partial charge in [-0.2, -0.15) is 4.98 Å². The molecule has 32 heavy (non-hydrogen) atoms. The van der Waals surface area contributed by atoms with Gasteiger partial charge in [0.05, 0.1) is 34.0 Å². The first-order valence-electron chi connectivity index (χ1n) is 10.2. The Morgan fingerprint density at radius 3 is 2.47 bits per heavy atom. The minimum atomic E-state index is -0.310. The molecule has 9 nitrogen and oxygen atoms in total. The van der Waals surface area contributed by atoms with E-state index in [0.29, 0.717) is 46.8 Å². The van der Waals surface area contributed by atoms with Crippen LogP contribution in [-0.4, -0.2) is 55.9 Å². The van der Waals surface area contributed by atoms with E-state index < -0.39 is 0 Å². The minimum absolute atomic E-state index is 0.155. The molecular formula is C23H25N3O6. The number of nitrogens with zero attached hydrogens (tertiary/aromatic N) is 3. The lowest BCUT2D eigenvalue weighted by atomic mass is 10.1. The predicted molar refractivity (Wildman–Crippen MR) is 115 cm³/mol. The van der Waals surface area contributed by atoms with E-state index >= 15 is 0 Å². The van der Waals surface area contributed by atoms with E-state index in [9.17, 15) is 4.79 Å². The summed E-state index contributed by atoms with van der Waals surface area (Å²) in [5, 5.41) is 4.12. The lowest BCUT2D eigenvalue weighted by molar-refractivity contribution is 0.0706. The van der Waals surface area contributed by atoms with Crippen LogP contribution >= 0.6 is 0 Å². The number of aromatic nitrogens is 2. The number of hydrogen-bond acceptors (Lipinski definition) is 8. The highest BCUT2D eigenvalue weighted by Crippen LogP contribution is 2.36. The van der Waals surface area contributed by atoms with E-state index in [4.69, 9.17) is 23.5 Å². The van der Waals surface area contributed by atoms with Gasteiger partial charge in [0.25, 0.3) is 5.91 Å². The molecule has 1 aliphatic rings. The first kappa shape index (κ1) is 21.5. The summed E-state index contributed by atoms with van der Waals surface area (Å²) in [6.07, 6.45) is 1.57. The summed E-state index contributed by atoms with van der Waals surface area (Å²) in [6.45, 7) is 0.590. The van der Waals surface area contributed by atoms with Crippen LogP contribution in [0.1, 0.15) is 35.1 Å². The molecule has 168 valence electrons. The fourth-order valence-electron chi connectivity index (χ4n) is 3.86. The number of ether oxygens (including phenoxy) is 4. The topological polar surface area (TPSA) is 96.2 Å². The van der Waals surface area contributed by atoms with Crippen LogP contribution in [0.15, 0.2) is 40.9 Å². The van der Waals surface area contributed by atoms with Crippen LogP contribution in [0.3, 0.4) is 0 Å². The van der Waals surface area contributed by atoms with Crippen molar-refractivity contribution in [2.75, 3.05) is 35.0 Å². The molecule has 1 aromatic heterocycles. The lowest BCUT2D eigenvalue weighted by Gasteiger charge is -2.23. The maximum atomic E-state index is 13.3. The lowest BCUT2D eigenvalue weighted by Crippen LogP contribution is -2.31. The summed E-state index contributed by atoms with van der Waals surface area (Å²) in [5.41, 5.74) is 1.19.